The summed E-state index contributed by atoms with van der Waals surface area (Å²) in [5, 5.41) is 9.87. The van der Waals surface area contributed by atoms with E-state index in [0.29, 0.717) is 13.0 Å². The molecular weight excluding hydrogens is 278 g/mol. The first-order valence-electron chi connectivity index (χ1n) is 6.70. The lowest BCUT2D eigenvalue weighted by Crippen LogP contribution is -2.31. The van der Waals surface area contributed by atoms with Crippen molar-refractivity contribution in [1.29, 1.82) is 0 Å². The molecule has 2 heterocycles. The molecule has 1 saturated heterocycles. The van der Waals surface area contributed by atoms with Gasteiger partial charge in [0.2, 0.25) is 5.91 Å². The van der Waals surface area contributed by atoms with Gasteiger partial charge in [0.1, 0.15) is 0 Å². The van der Waals surface area contributed by atoms with E-state index >= 15 is 0 Å². The van der Waals surface area contributed by atoms with Crippen LogP contribution in [-0.2, 0) is 26.6 Å². The van der Waals surface area contributed by atoms with Crippen LogP contribution in [0, 0.1) is 5.92 Å². The summed E-state index contributed by atoms with van der Waals surface area (Å²) in [4.78, 5) is 11.9. The number of rotatable bonds is 3. The molecule has 0 aliphatic carbocycles. The second kappa shape index (κ2) is 5.20. The number of carbonyl (C=O) groups excluding carboxylic acids is 1. The van der Waals surface area contributed by atoms with Gasteiger partial charge in [-0.25, -0.2) is 8.42 Å². The Hall–Kier alpha value is -1.37. The molecule has 0 bridgehead atoms. The molecule has 112 valence electrons. The summed E-state index contributed by atoms with van der Waals surface area (Å²) in [6.45, 7) is 6.54. The number of aromatic amines is 1. The van der Waals surface area contributed by atoms with Crippen LogP contribution in [0.15, 0.2) is 6.07 Å². The molecule has 0 aromatic carbocycles. The summed E-state index contributed by atoms with van der Waals surface area (Å²) < 4.78 is 22.7. The SMILES string of the molecule is CC(C)(C)c1cc(CNC(=O)[C@@H]2CCS(=O)(=O)C2)[nH]n1. The maximum absolute atomic E-state index is 11.9. The molecule has 1 aromatic rings. The zero-order valence-corrected chi connectivity index (χ0v) is 12.9. The van der Waals surface area contributed by atoms with E-state index < -0.39 is 15.8 Å². The Kier molecular flexibility index (Phi) is 3.90. The Labute approximate surface area is 119 Å². The normalized spacial score (nSPS) is 21.9. The first kappa shape index (κ1) is 15.0. The Balaban J connectivity index is 1.90. The van der Waals surface area contributed by atoms with Crippen LogP contribution in [0.5, 0.6) is 0 Å². The highest BCUT2D eigenvalue weighted by molar-refractivity contribution is 7.91. The van der Waals surface area contributed by atoms with Gasteiger partial charge in [-0.15, -0.1) is 0 Å². The van der Waals surface area contributed by atoms with Crippen LogP contribution in [-0.4, -0.2) is 36.0 Å². The summed E-state index contributed by atoms with van der Waals surface area (Å²) in [5.41, 5.74) is 1.72. The highest BCUT2D eigenvalue weighted by Gasteiger charge is 2.32. The second-order valence-electron chi connectivity index (χ2n) is 6.35. The van der Waals surface area contributed by atoms with Gasteiger partial charge >= 0.3 is 0 Å². The summed E-state index contributed by atoms with van der Waals surface area (Å²) in [7, 11) is -3.02. The molecule has 1 atom stereocenters. The standard InChI is InChI=1S/C13H21N3O3S/c1-13(2,3)11-6-10(15-16-11)7-14-12(17)9-4-5-20(18,19)8-9/h6,9H,4-5,7-8H2,1-3H3,(H,14,17)(H,15,16)/t9-/m1/s1. The average Bonchev–Trinajstić information content (AvgIpc) is 2.91. The van der Waals surface area contributed by atoms with Crippen LogP contribution in [0.2, 0.25) is 0 Å². The fourth-order valence-electron chi connectivity index (χ4n) is 2.16. The van der Waals surface area contributed by atoms with Gasteiger partial charge in [-0.05, 0) is 12.5 Å². The minimum absolute atomic E-state index is 0.0327. The van der Waals surface area contributed by atoms with Crippen molar-refractivity contribution in [3.05, 3.63) is 17.5 Å². The molecule has 2 rings (SSSR count). The Morgan fingerprint density at radius 3 is 2.70 bits per heavy atom. The predicted octanol–water partition coefficient (Wildman–Crippen LogP) is 0.758. The lowest BCUT2D eigenvalue weighted by Gasteiger charge is -2.13. The molecule has 0 saturated carbocycles. The lowest BCUT2D eigenvalue weighted by atomic mass is 9.92. The second-order valence-corrected chi connectivity index (χ2v) is 8.57. The van der Waals surface area contributed by atoms with Crippen molar-refractivity contribution in [1.82, 2.24) is 15.5 Å². The van der Waals surface area contributed by atoms with Crippen LogP contribution < -0.4 is 5.32 Å². The number of H-pyrrole nitrogens is 1. The third-order valence-corrected chi connectivity index (χ3v) is 5.22. The average molecular weight is 299 g/mol. The molecule has 0 unspecified atom stereocenters. The van der Waals surface area contributed by atoms with E-state index in [-0.39, 0.29) is 22.8 Å². The van der Waals surface area contributed by atoms with Crippen molar-refractivity contribution < 1.29 is 13.2 Å². The minimum atomic E-state index is -3.02. The third-order valence-electron chi connectivity index (χ3n) is 3.46. The molecule has 0 spiro atoms. The third kappa shape index (κ3) is 3.59. The molecular formula is C13H21N3O3S. The molecule has 7 heteroatoms. The van der Waals surface area contributed by atoms with Gasteiger partial charge in [-0.3, -0.25) is 9.89 Å². The molecule has 2 N–H and O–H groups in total. The number of sulfone groups is 1. The lowest BCUT2D eigenvalue weighted by molar-refractivity contribution is -0.124. The Bertz CT molecular complexity index is 599. The molecule has 1 aromatic heterocycles. The number of nitrogens with one attached hydrogen (secondary N) is 2. The maximum atomic E-state index is 11.9. The Morgan fingerprint density at radius 2 is 2.20 bits per heavy atom. The van der Waals surface area contributed by atoms with Gasteiger partial charge in [0, 0.05) is 5.41 Å². The molecule has 1 amide bonds. The smallest absolute Gasteiger partial charge is 0.224 e. The van der Waals surface area contributed by atoms with Crippen molar-refractivity contribution in [3.8, 4) is 0 Å². The summed E-state index contributed by atoms with van der Waals surface area (Å²) >= 11 is 0. The van der Waals surface area contributed by atoms with Crippen molar-refractivity contribution >= 4 is 15.7 Å². The van der Waals surface area contributed by atoms with E-state index in [4.69, 9.17) is 0 Å². The predicted molar refractivity (Wildman–Crippen MR) is 75.9 cm³/mol. The molecule has 20 heavy (non-hydrogen) atoms. The van der Waals surface area contributed by atoms with E-state index in [9.17, 15) is 13.2 Å². The van der Waals surface area contributed by atoms with Gasteiger partial charge in [-0.1, -0.05) is 20.8 Å². The maximum Gasteiger partial charge on any atom is 0.224 e. The van der Waals surface area contributed by atoms with E-state index in [2.05, 4.69) is 36.3 Å². The van der Waals surface area contributed by atoms with Crippen molar-refractivity contribution in [2.75, 3.05) is 11.5 Å². The summed E-state index contributed by atoms with van der Waals surface area (Å²) in [6.07, 6.45) is 0.421. The molecule has 1 aliphatic heterocycles. The molecule has 1 fully saturated rings. The molecule has 6 nitrogen and oxygen atoms in total. The number of nitrogens with zero attached hydrogens (tertiary/aromatic N) is 1. The largest absolute Gasteiger partial charge is 0.350 e. The summed E-state index contributed by atoms with van der Waals surface area (Å²) in [6, 6.07) is 1.92. The quantitative estimate of drug-likeness (QED) is 0.862. The number of aromatic nitrogens is 2. The summed E-state index contributed by atoms with van der Waals surface area (Å²) in [5.74, 6) is -0.527. The molecule has 0 radical (unpaired) electrons. The van der Waals surface area contributed by atoms with Gasteiger partial charge in [0.05, 0.1) is 35.4 Å². The Morgan fingerprint density at radius 1 is 1.50 bits per heavy atom. The van der Waals surface area contributed by atoms with E-state index in [1.165, 1.54) is 0 Å². The first-order chi connectivity index (χ1) is 9.17. The topological polar surface area (TPSA) is 91.9 Å². The van der Waals surface area contributed by atoms with Crippen LogP contribution in [0.4, 0.5) is 0 Å². The number of hydrogen-bond acceptors (Lipinski definition) is 4. The van der Waals surface area contributed by atoms with Crippen LogP contribution in [0.25, 0.3) is 0 Å². The van der Waals surface area contributed by atoms with Crippen LogP contribution in [0.1, 0.15) is 38.6 Å². The molecule has 1 aliphatic rings. The highest BCUT2D eigenvalue weighted by atomic mass is 32.2. The van der Waals surface area contributed by atoms with E-state index in [0.717, 1.165) is 11.4 Å². The number of hydrogen-bond donors (Lipinski definition) is 2. The van der Waals surface area contributed by atoms with Gasteiger partial charge < -0.3 is 5.32 Å². The van der Waals surface area contributed by atoms with Gasteiger partial charge in [0.25, 0.3) is 0 Å². The first-order valence-corrected chi connectivity index (χ1v) is 8.52. The number of carbonyl (C=O) groups is 1. The monoisotopic (exact) mass is 299 g/mol. The van der Waals surface area contributed by atoms with Crippen molar-refractivity contribution in [3.63, 3.8) is 0 Å². The zero-order chi connectivity index (χ0) is 15.0. The fraction of sp³-hybridized carbons (Fsp3) is 0.692. The fourth-order valence-corrected chi connectivity index (χ4v) is 3.91. The minimum Gasteiger partial charge on any atom is -0.350 e. The van der Waals surface area contributed by atoms with Crippen molar-refractivity contribution in [2.45, 2.75) is 39.2 Å². The van der Waals surface area contributed by atoms with Gasteiger partial charge in [-0.2, -0.15) is 5.10 Å². The number of amides is 1. The van der Waals surface area contributed by atoms with E-state index in [1.807, 2.05) is 6.07 Å². The highest BCUT2D eigenvalue weighted by Crippen LogP contribution is 2.21. The van der Waals surface area contributed by atoms with Crippen LogP contribution in [0.3, 0.4) is 0 Å². The van der Waals surface area contributed by atoms with Gasteiger partial charge in [0.15, 0.2) is 9.84 Å². The van der Waals surface area contributed by atoms with Crippen molar-refractivity contribution in [2.24, 2.45) is 5.92 Å². The van der Waals surface area contributed by atoms with E-state index in [1.54, 1.807) is 0 Å². The van der Waals surface area contributed by atoms with Crippen LogP contribution >= 0.6 is 0 Å². The zero-order valence-electron chi connectivity index (χ0n) is 12.1.